The number of carbonyl (C=O) groups excluding carboxylic acids is 7. The predicted molar refractivity (Wildman–Crippen MR) is 366 cm³/mol. The van der Waals surface area contributed by atoms with Gasteiger partial charge in [0.1, 0.15) is 0 Å². The van der Waals surface area contributed by atoms with Gasteiger partial charge >= 0.3 is 17.9 Å². The number of Topliss-reactive ketones (excluding diaryl/α,β-unsaturated/α-hetero) is 4. The summed E-state index contributed by atoms with van der Waals surface area (Å²) in [5.74, 6) is -13.7. The Balaban J connectivity index is 0.000000595. The van der Waals surface area contributed by atoms with Gasteiger partial charge in [-0.2, -0.15) is 0 Å². The van der Waals surface area contributed by atoms with E-state index in [4.69, 9.17) is 95.9 Å². The molecule has 30 nitrogen and oxygen atoms in total. The Kier molecular flexibility index (Phi) is 33.8. The Hall–Kier alpha value is -12.4. The van der Waals surface area contributed by atoms with Gasteiger partial charge in [-0.1, -0.05) is 69.2 Å². The van der Waals surface area contributed by atoms with Crippen molar-refractivity contribution >= 4 is 41.0 Å². The van der Waals surface area contributed by atoms with Crippen LogP contribution in [0.15, 0.2) is 84.9 Å². The maximum Gasteiger partial charge on any atom is 0.338 e. The van der Waals surface area contributed by atoms with Crippen molar-refractivity contribution < 1.29 is 150 Å². The second-order valence-corrected chi connectivity index (χ2v) is 24.3. The molecule has 20 N–H and O–H groups in total. The molecular formula is C72H88O30. The number of aryl methyl sites for hydroxylation is 1. The third-order valence-electron chi connectivity index (χ3n) is 12.9. The van der Waals surface area contributed by atoms with E-state index in [2.05, 4.69) is 0 Å². The molecule has 0 bridgehead atoms. The molecule has 556 valence electrons. The lowest BCUT2D eigenvalue weighted by molar-refractivity contribution is 0.0366. The largest absolute Gasteiger partial charge is 0.504 e. The third kappa shape index (κ3) is 26.8. The Labute approximate surface area is 585 Å². The number of hydrogen-bond donors (Lipinski definition) is 20. The smallest absolute Gasteiger partial charge is 0.338 e. The number of hydrogen-bond acceptors (Lipinski definition) is 30. The van der Waals surface area contributed by atoms with E-state index in [1.165, 1.54) is 6.07 Å². The fourth-order valence-electron chi connectivity index (χ4n) is 7.53. The molecule has 0 radical (unpaired) electrons. The molecule has 0 unspecified atom stereocenters. The average Bonchev–Trinajstić information content (AvgIpc) is 0.877. The van der Waals surface area contributed by atoms with E-state index in [1.54, 1.807) is 96.1 Å². The van der Waals surface area contributed by atoms with Crippen LogP contribution in [-0.2, 0) is 14.2 Å². The monoisotopic (exact) mass is 1430 g/mol. The number of rotatable bonds is 15. The van der Waals surface area contributed by atoms with Gasteiger partial charge in [-0.25, -0.2) is 14.4 Å². The van der Waals surface area contributed by atoms with Crippen LogP contribution >= 0.6 is 0 Å². The second-order valence-electron chi connectivity index (χ2n) is 24.3. The van der Waals surface area contributed by atoms with Crippen molar-refractivity contribution in [2.45, 2.75) is 116 Å². The van der Waals surface area contributed by atoms with Crippen LogP contribution in [0.4, 0.5) is 0 Å². The first-order valence-corrected chi connectivity index (χ1v) is 30.8. The summed E-state index contributed by atoms with van der Waals surface area (Å²) in [6.07, 6.45) is -0.592. The highest BCUT2D eigenvalue weighted by molar-refractivity contribution is 6.00. The fourth-order valence-corrected chi connectivity index (χ4v) is 7.53. The van der Waals surface area contributed by atoms with Gasteiger partial charge < -0.3 is 116 Å². The quantitative estimate of drug-likeness (QED) is 0.0196. The number of aromatic hydroxyl groups is 20. The van der Waals surface area contributed by atoms with E-state index in [0.29, 0.717) is 11.1 Å². The summed E-state index contributed by atoms with van der Waals surface area (Å²) in [4.78, 5) is 80.1. The number of carbonyl (C=O) groups is 7. The Bertz CT molecular complexity index is 3570. The number of phenols is 20. The zero-order valence-electron chi connectivity index (χ0n) is 58.4. The summed E-state index contributed by atoms with van der Waals surface area (Å²) in [5.41, 5.74) is 1.47. The molecule has 0 aliphatic heterocycles. The first kappa shape index (κ1) is 87.6. The molecular weight excluding hydrogens is 1340 g/mol. The van der Waals surface area contributed by atoms with Crippen LogP contribution in [0.3, 0.4) is 0 Å². The van der Waals surface area contributed by atoms with Gasteiger partial charge in [0.05, 0.1) is 35.5 Å². The summed E-state index contributed by atoms with van der Waals surface area (Å²) in [7, 11) is 0. The number of benzene rings is 7. The van der Waals surface area contributed by atoms with Crippen LogP contribution in [0.25, 0.3) is 0 Å². The Morgan fingerprint density at radius 1 is 0.255 bits per heavy atom. The zero-order chi connectivity index (χ0) is 79.0. The van der Waals surface area contributed by atoms with Crippen LogP contribution in [0.1, 0.15) is 175 Å². The maximum absolute atomic E-state index is 11.6. The second kappa shape index (κ2) is 39.3. The van der Waals surface area contributed by atoms with E-state index in [1.807, 2.05) is 13.8 Å². The first-order valence-electron chi connectivity index (χ1n) is 30.8. The van der Waals surface area contributed by atoms with Gasteiger partial charge in [-0.05, 0) is 131 Å². The summed E-state index contributed by atoms with van der Waals surface area (Å²) in [6, 6.07) is 15.9. The van der Waals surface area contributed by atoms with Crippen LogP contribution in [0, 0.1) is 36.5 Å². The predicted octanol–water partition coefficient (Wildman–Crippen LogP) is 11.5. The average molecular weight is 1430 g/mol. The summed E-state index contributed by atoms with van der Waals surface area (Å²) < 4.78 is 14.6. The van der Waals surface area contributed by atoms with Crippen molar-refractivity contribution in [1.82, 2.24) is 0 Å². The fraction of sp³-hybridized carbons (Fsp3) is 0.319. The topological polar surface area (TPSA) is 552 Å². The minimum Gasteiger partial charge on any atom is -0.504 e. The lowest BCUT2D eigenvalue weighted by Crippen LogP contribution is -2.11. The van der Waals surface area contributed by atoms with E-state index < -0.39 is 121 Å². The van der Waals surface area contributed by atoms with Gasteiger partial charge in [-0.15, -0.1) is 0 Å². The van der Waals surface area contributed by atoms with Crippen molar-refractivity contribution in [3.63, 3.8) is 0 Å². The minimum atomic E-state index is -0.671. The van der Waals surface area contributed by atoms with Gasteiger partial charge in [0.15, 0.2) is 138 Å². The lowest BCUT2D eigenvalue weighted by atomic mass is 9.99. The molecule has 0 aromatic heterocycles. The molecule has 0 saturated heterocycles. The molecule has 0 aliphatic rings. The molecule has 0 aliphatic carbocycles. The van der Waals surface area contributed by atoms with Crippen LogP contribution in [0.2, 0.25) is 0 Å². The van der Waals surface area contributed by atoms with Crippen LogP contribution in [-0.4, -0.2) is 162 Å². The molecule has 7 aromatic rings. The SMILES string of the molecule is CC(C)C(=O)c1cc(O)c(O)c(O)c1.CC(C)C(=O)c1cc(O)c(O)c(O)c1.CC(C)C(=O)c1cc(O)c(O)c(O)c1.CC(C)COC(=O)c1cc(O)c(O)c(O)c1.CC(C)OC(=O)c1cc(O)c(O)c(O)c1.CC(C)OC(=O)c1cc(O)c(O)c(O)c1.Cc1cc(C(=O)C(C)C)cc(O)c1O. The molecule has 0 spiro atoms. The van der Waals surface area contributed by atoms with E-state index in [0.717, 1.165) is 72.8 Å². The van der Waals surface area contributed by atoms with Gasteiger partial charge in [-0.3, -0.25) is 19.2 Å². The highest BCUT2D eigenvalue weighted by Gasteiger charge is 2.22. The van der Waals surface area contributed by atoms with Crippen molar-refractivity contribution in [2.75, 3.05) is 6.61 Å². The molecule has 30 heteroatoms. The highest BCUT2D eigenvalue weighted by Crippen LogP contribution is 2.41. The van der Waals surface area contributed by atoms with Crippen molar-refractivity contribution in [3.05, 3.63) is 129 Å². The van der Waals surface area contributed by atoms with Crippen LogP contribution in [0.5, 0.6) is 115 Å². The third-order valence-corrected chi connectivity index (χ3v) is 12.9. The Morgan fingerprint density at radius 3 is 0.588 bits per heavy atom. The number of phenolic OH excluding ortho intramolecular Hbond substituents is 20. The number of ketones is 4. The molecule has 102 heavy (non-hydrogen) atoms. The summed E-state index contributed by atoms with van der Waals surface area (Å²) >= 11 is 0. The summed E-state index contributed by atoms with van der Waals surface area (Å²) in [5, 5.41) is 183. The molecule has 7 rings (SSSR count). The van der Waals surface area contributed by atoms with Crippen molar-refractivity contribution in [1.29, 1.82) is 0 Å². The molecule has 0 fully saturated rings. The minimum absolute atomic E-state index is 0.00606. The standard InChI is InChI=1S/C11H14O5.C11H14O3.2C10H12O5.3C10H12O4/c1-6(2)5-16-11(15)7-3-8(12)10(14)9(13)4-7;1-6(2)10(13)8-4-7(3)11(14)9(12)5-8;2*1-5(2)15-10(14)6-3-7(11)9(13)8(12)4-6;3*1-5(2)9(13)6-3-7(11)10(14)8(12)4-6/h3-4,6,12-14H,5H2,1-2H3;4-6,12,14H,1-3H3;2*3-5,11-13H,1-2H3;3*3-5,11-12,14H,1-2H3. The molecule has 0 atom stereocenters. The van der Waals surface area contributed by atoms with E-state index >= 15 is 0 Å². The van der Waals surface area contributed by atoms with Crippen LogP contribution < -0.4 is 0 Å². The number of esters is 3. The molecule has 0 heterocycles. The molecule has 7 aromatic carbocycles. The zero-order valence-corrected chi connectivity index (χ0v) is 58.4. The van der Waals surface area contributed by atoms with Gasteiger partial charge in [0, 0.05) is 45.9 Å². The Morgan fingerprint density at radius 2 is 0.422 bits per heavy atom. The van der Waals surface area contributed by atoms with Gasteiger partial charge in [0.25, 0.3) is 0 Å². The molecule has 0 saturated carbocycles. The van der Waals surface area contributed by atoms with Gasteiger partial charge in [0.2, 0.25) is 0 Å². The normalized spacial score (nSPS) is 10.5. The van der Waals surface area contributed by atoms with Crippen molar-refractivity contribution in [3.8, 4) is 115 Å². The first-order chi connectivity index (χ1) is 47.0. The van der Waals surface area contributed by atoms with E-state index in [9.17, 15) is 54.0 Å². The van der Waals surface area contributed by atoms with E-state index in [-0.39, 0.29) is 116 Å². The lowest BCUT2D eigenvalue weighted by Gasteiger charge is -2.09. The summed E-state index contributed by atoms with van der Waals surface area (Å²) in [6.45, 7) is 26.2. The number of ether oxygens (including phenoxy) is 3. The van der Waals surface area contributed by atoms with Crippen molar-refractivity contribution in [2.24, 2.45) is 29.6 Å². The molecule has 0 amide bonds. The maximum atomic E-state index is 11.6. The highest BCUT2D eigenvalue weighted by atomic mass is 16.5.